The Morgan fingerprint density at radius 1 is 1.38 bits per heavy atom. The van der Waals surface area contributed by atoms with E-state index in [1.807, 2.05) is 12.1 Å². The molecule has 1 unspecified atom stereocenters. The molecule has 0 aromatic heterocycles. The summed E-state index contributed by atoms with van der Waals surface area (Å²) in [5, 5.41) is 0. The van der Waals surface area contributed by atoms with Crippen LogP contribution in [-0.4, -0.2) is 17.5 Å². The van der Waals surface area contributed by atoms with Crippen LogP contribution in [0.2, 0.25) is 0 Å². The van der Waals surface area contributed by atoms with Gasteiger partial charge >= 0.3 is 30.0 Å². The summed E-state index contributed by atoms with van der Waals surface area (Å²) in [6.07, 6.45) is 4.13. The maximum absolute atomic E-state index is 3.06. The third kappa shape index (κ3) is 4.65. The first-order chi connectivity index (χ1) is 7.86. The molecule has 3 heteroatoms. The van der Waals surface area contributed by atoms with Gasteiger partial charge in [0.2, 0.25) is 0 Å². The van der Waals surface area contributed by atoms with E-state index in [1.54, 1.807) is 0 Å². The molecule has 0 N–H and O–H groups in total. The molecule has 1 aliphatic rings. The molecule has 1 atom stereocenters. The van der Waals surface area contributed by atoms with Crippen LogP contribution in [0.1, 0.15) is 31.7 Å². The zero-order valence-electron chi connectivity index (χ0n) is 9.95. The molecule has 1 aliphatic heterocycles. The van der Waals surface area contributed by atoms with Gasteiger partial charge in [0.15, 0.2) is 0 Å². The number of halogens is 1. The second-order valence-electron chi connectivity index (χ2n) is 4.22. The van der Waals surface area contributed by atoms with Crippen LogP contribution in [-0.2, 0) is 22.9 Å². The molecule has 0 saturated carbocycles. The minimum absolute atomic E-state index is 0.757. The van der Waals surface area contributed by atoms with Crippen LogP contribution >= 0.6 is 13.6 Å². The monoisotopic (exact) mass is 331 g/mol. The van der Waals surface area contributed by atoms with Crippen molar-refractivity contribution in [2.45, 2.75) is 38.8 Å². The Morgan fingerprint density at radius 3 is 2.69 bits per heavy atom. The van der Waals surface area contributed by atoms with E-state index < -0.39 is 0 Å². The van der Waals surface area contributed by atoms with Crippen LogP contribution in [0.15, 0.2) is 24.3 Å². The summed E-state index contributed by atoms with van der Waals surface area (Å²) in [6.45, 7) is 4.71. The summed E-state index contributed by atoms with van der Waals surface area (Å²) in [5.74, 6) is 0. The van der Waals surface area contributed by atoms with Gasteiger partial charge < -0.3 is 0 Å². The second kappa shape index (κ2) is 8.39. The second-order valence-corrected chi connectivity index (χ2v) is 4.22. The van der Waals surface area contributed by atoms with Gasteiger partial charge in [-0.25, -0.2) is 0 Å². The Balaban J connectivity index is 0.000000606. The first-order valence-electron chi connectivity index (χ1n) is 5.82. The van der Waals surface area contributed by atoms with E-state index in [0.29, 0.717) is 0 Å². The zero-order chi connectivity index (χ0) is 11.8. The summed E-state index contributed by atoms with van der Waals surface area (Å²) in [5.41, 5.74) is 1.41. The standard InChI is InChI=1S/C13H18N.BrH.Zn/c1-12-7-5-6-10-14(12)11-13-8-3-2-4-9-13;;/h3-4,8-9,12H,5-7,10-11H2,1H3;1H;/q-1;;+2/p-1. The van der Waals surface area contributed by atoms with E-state index in [-0.39, 0.29) is 0 Å². The molecular weight excluding hydrogens is 315 g/mol. The van der Waals surface area contributed by atoms with Crippen LogP contribution in [0, 0.1) is 6.07 Å². The van der Waals surface area contributed by atoms with E-state index >= 15 is 0 Å². The van der Waals surface area contributed by atoms with Crippen molar-refractivity contribution < 1.29 is 16.3 Å². The van der Waals surface area contributed by atoms with Crippen LogP contribution < -0.4 is 0 Å². The van der Waals surface area contributed by atoms with Crippen molar-refractivity contribution in [1.29, 1.82) is 0 Å². The third-order valence-corrected chi connectivity index (χ3v) is 3.11. The van der Waals surface area contributed by atoms with Gasteiger partial charge in [-0.2, -0.15) is 30.3 Å². The predicted octanol–water partition coefficient (Wildman–Crippen LogP) is 3.70. The van der Waals surface area contributed by atoms with E-state index in [0.717, 1.165) is 12.6 Å². The molecular formula is C13H18BrNZn. The summed E-state index contributed by atoms with van der Waals surface area (Å²) in [7, 11) is 0. The number of rotatable bonds is 2. The summed E-state index contributed by atoms with van der Waals surface area (Å²) in [4.78, 5) is 2.58. The Morgan fingerprint density at radius 2 is 2.06 bits per heavy atom. The van der Waals surface area contributed by atoms with Crippen molar-refractivity contribution in [2.75, 3.05) is 6.54 Å². The van der Waals surface area contributed by atoms with Crippen molar-refractivity contribution in [1.82, 2.24) is 4.90 Å². The van der Waals surface area contributed by atoms with E-state index in [4.69, 9.17) is 0 Å². The molecule has 84 valence electrons. The van der Waals surface area contributed by atoms with Crippen LogP contribution in [0.25, 0.3) is 0 Å². The van der Waals surface area contributed by atoms with Gasteiger partial charge in [-0.05, 0) is 26.3 Å². The Bertz CT molecular complexity index is 279. The average Bonchev–Trinajstić information content (AvgIpc) is 2.36. The molecule has 0 spiro atoms. The average molecular weight is 334 g/mol. The Hall–Kier alpha value is 0.283. The number of piperidine rings is 1. The van der Waals surface area contributed by atoms with Gasteiger partial charge in [0.25, 0.3) is 0 Å². The van der Waals surface area contributed by atoms with Crippen LogP contribution in [0.5, 0.6) is 0 Å². The molecule has 0 radical (unpaired) electrons. The number of hydrogen-bond acceptors (Lipinski definition) is 1. The normalized spacial score (nSPS) is 21.1. The summed E-state index contributed by atoms with van der Waals surface area (Å²) in [6, 6.07) is 12.2. The van der Waals surface area contributed by atoms with E-state index in [2.05, 4.69) is 43.6 Å². The molecule has 1 aromatic carbocycles. The molecule has 2 rings (SSSR count). The molecule has 1 saturated heterocycles. The molecule has 1 aromatic rings. The fourth-order valence-electron chi connectivity index (χ4n) is 2.15. The number of hydrogen-bond donors (Lipinski definition) is 0. The quantitative estimate of drug-likeness (QED) is 0.589. The van der Waals surface area contributed by atoms with Gasteiger partial charge in [-0.1, -0.05) is 6.42 Å². The van der Waals surface area contributed by atoms with Crippen molar-refractivity contribution in [2.24, 2.45) is 0 Å². The molecule has 0 aliphatic carbocycles. The fraction of sp³-hybridized carbons (Fsp3) is 0.538. The SMILES string of the molecule is CC1CCCCN1Cc1cc[c-]cc1.[Zn+][Br]. The summed E-state index contributed by atoms with van der Waals surface area (Å²) < 4.78 is 0. The number of likely N-dealkylation sites (tertiary alicyclic amines) is 1. The van der Waals surface area contributed by atoms with Crippen molar-refractivity contribution >= 4 is 13.6 Å². The molecule has 1 heterocycles. The van der Waals surface area contributed by atoms with Crippen LogP contribution in [0.4, 0.5) is 0 Å². The molecule has 1 fully saturated rings. The van der Waals surface area contributed by atoms with Gasteiger partial charge in [0, 0.05) is 12.6 Å². The molecule has 0 bridgehead atoms. The first kappa shape index (κ1) is 14.3. The van der Waals surface area contributed by atoms with E-state index in [9.17, 15) is 0 Å². The van der Waals surface area contributed by atoms with Gasteiger partial charge in [-0.3, -0.25) is 4.90 Å². The molecule has 16 heavy (non-hydrogen) atoms. The van der Waals surface area contributed by atoms with Crippen molar-refractivity contribution in [3.8, 4) is 0 Å². The van der Waals surface area contributed by atoms with Gasteiger partial charge in [0.1, 0.15) is 0 Å². The number of nitrogens with zero attached hydrogens (tertiary/aromatic N) is 1. The van der Waals surface area contributed by atoms with Crippen LogP contribution in [0.3, 0.4) is 0 Å². The maximum atomic E-state index is 3.06. The zero-order valence-corrected chi connectivity index (χ0v) is 14.5. The third-order valence-electron chi connectivity index (χ3n) is 3.11. The Kier molecular flexibility index (Phi) is 7.52. The molecule has 0 amide bonds. The van der Waals surface area contributed by atoms with Gasteiger partial charge in [-0.15, -0.1) is 5.56 Å². The van der Waals surface area contributed by atoms with Crippen molar-refractivity contribution in [3.63, 3.8) is 0 Å². The topological polar surface area (TPSA) is 3.24 Å². The fourth-order valence-corrected chi connectivity index (χ4v) is 2.15. The van der Waals surface area contributed by atoms with Gasteiger partial charge in [0.05, 0.1) is 0 Å². The number of benzene rings is 1. The van der Waals surface area contributed by atoms with E-state index in [1.165, 1.54) is 47.7 Å². The first-order valence-corrected chi connectivity index (χ1v) is 12.8. The van der Waals surface area contributed by atoms with Crippen molar-refractivity contribution in [3.05, 3.63) is 35.9 Å². The summed E-state index contributed by atoms with van der Waals surface area (Å²) >= 11 is 4.25. The molecule has 1 nitrogen and oxygen atoms in total. The minimum atomic E-state index is 0.757. The Labute approximate surface area is 116 Å². The predicted molar refractivity (Wildman–Crippen MR) is 67.9 cm³/mol.